The number of Topliss-reactive ketones (excluding diaryl/α,β-unsaturated/α-hetero) is 1. The molecule has 0 aliphatic carbocycles. The van der Waals surface area contributed by atoms with E-state index in [2.05, 4.69) is 18.7 Å². The average Bonchev–Trinajstić information content (AvgIpc) is 2.84. The van der Waals surface area contributed by atoms with E-state index in [1.54, 1.807) is 6.07 Å². The Bertz CT molecular complexity index is 524. The molecule has 0 N–H and O–H groups in total. The van der Waals surface area contributed by atoms with E-state index in [4.69, 9.17) is 9.47 Å². The molecule has 0 unspecified atom stereocenters. The monoisotopic (exact) mass is 275 g/mol. The molecule has 0 amide bonds. The van der Waals surface area contributed by atoms with Crippen LogP contribution in [0.2, 0.25) is 0 Å². The molecule has 1 fully saturated rings. The minimum atomic E-state index is 0.154. The summed E-state index contributed by atoms with van der Waals surface area (Å²) in [4.78, 5) is 14.6. The number of carbonyl (C=O) groups excluding carboxylic acids is 1. The average molecular weight is 275 g/mol. The molecule has 1 aromatic rings. The van der Waals surface area contributed by atoms with Crippen molar-refractivity contribution in [3.63, 3.8) is 0 Å². The fourth-order valence-electron chi connectivity index (χ4n) is 3.04. The summed E-state index contributed by atoms with van der Waals surface area (Å²) >= 11 is 0. The Labute approximate surface area is 119 Å². The van der Waals surface area contributed by atoms with E-state index in [-0.39, 0.29) is 12.6 Å². The maximum Gasteiger partial charge on any atom is 0.231 e. The van der Waals surface area contributed by atoms with Crippen LogP contribution in [-0.4, -0.2) is 37.1 Å². The van der Waals surface area contributed by atoms with Crippen LogP contribution in [0.4, 0.5) is 0 Å². The first-order valence-corrected chi connectivity index (χ1v) is 7.19. The predicted molar refractivity (Wildman–Crippen MR) is 76.4 cm³/mol. The lowest BCUT2D eigenvalue weighted by Crippen LogP contribution is -2.42. The number of ketones is 1. The lowest BCUT2D eigenvalue weighted by molar-refractivity contribution is 0.0809. The first-order valence-electron chi connectivity index (χ1n) is 7.19. The topological polar surface area (TPSA) is 38.8 Å². The third-order valence-electron chi connectivity index (χ3n) is 4.04. The second-order valence-corrected chi connectivity index (χ2v) is 6.47. The summed E-state index contributed by atoms with van der Waals surface area (Å²) in [6, 6.07) is 5.43. The number of benzene rings is 1. The van der Waals surface area contributed by atoms with Crippen molar-refractivity contribution >= 4 is 5.78 Å². The molecule has 20 heavy (non-hydrogen) atoms. The van der Waals surface area contributed by atoms with E-state index in [1.807, 2.05) is 12.1 Å². The minimum Gasteiger partial charge on any atom is -0.454 e. The normalized spacial score (nSPS) is 20.9. The Kier molecular flexibility index (Phi) is 3.42. The van der Waals surface area contributed by atoms with Crippen LogP contribution in [0.25, 0.3) is 0 Å². The van der Waals surface area contributed by atoms with Crippen LogP contribution in [0, 0.1) is 5.41 Å². The number of rotatable bonds is 3. The third-order valence-corrected chi connectivity index (χ3v) is 4.04. The van der Waals surface area contributed by atoms with E-state index in [0.29, 0.717) is 23.3 Å². The summed E-state index contributed by atoms with van der Waals surface area (Å²) in [5, 5.41) is 0. The molecule has 4 nitrogen and oxygen atoms in total. The van der Waals surface area contributed by atoms with E-state index < -0.39 is 0 Å². The zero-order valence-corrected chi connectivity index (χ0v) is 12.1. The standard InChI is InChI=1S/C16H21NO3/c1-16(2)6-3-7-17(10-16)9-13(18)12-4-5-14-15(8-12)20-11-19-14/h4-5,8H,3,6-7,9-11H2,1-2H3. The number of hydrogen-bond donors (Lipinski definition) is 0. The molecule has 0 bridgehead atoms. The van der Waals surface area contributed by atoms with Crippen molar-refractivity contribution in [2.24, 2.45) is 5.41 Å². The number of ether oxygens (including phenoxy) is 2. The van der Waals surface area contributed by atoms with Crippen molar-refractivity contribution in [2.45, 2.75) is 26.7 Å². The summed E-state index contributed by atoms with van der Waals surface area (Å²) in [6.45, 7) is 7.27. The van der Waals surface area contributed by atoms with Crippen molar-refractivity contribution < 1.29 is 14.3 Å². The van der Waals surface area contributed by atoms with Gasteiger partial charge in [0, 0.05) is 12.1 Å². The second kappa shape index (κ2) is 5.09. The van der Waals surface area contributed by atoms with Gasteiger partial charge >= 0.3 is 0 Å². The van der Waals surface area contributed by atoms with Gasteiger partial charge in [0.05, 0.1) is 6.54 Å². The molecule has 2 aliphatic rings. The molecule has 0 aromatic heterocycles. The molecule has 0 spiro atoms. The van der Waals surface area contributed by atoms with Gasteiger partial charge in [-0.05, 0) is 43.0 Å². The van der Waals surface area contributed by atoms with Gasteiger partial charge in [0.25, 0.3) is 0 Å². The van der Waals surface area contributed by atoms with E-state index >= 15 is 0 Å². The second-order valence-electron chi connectivity index (χ2n) is 6.47. The zero-order chi connectivity index (χ0) is 14.2. The highest BCUT2D eigenvalue weighted by Crippen LogP contribution is 2.33. The van der Waals surface area contributed by atoms with Gasteiger partial charge in [0.1, 0.15) is 0 Å². The van der Waals surface area contributed by atoms with Crippen LogP contribution < -0.4 is 9.47 Å². The van der Waals surface area contributed by atoms with Crippen LogP contribution in [0.3, 0.4) is 0 Å². The van der Waals surface area contributed by atoms with Gasteiger partial charge in [-0.3, -0.25) is 9.69 Å². The smallest absolute Gasteiger partial charge is 0.231 e. The highest BCUT2D eigenvalue weighted by Gasteiger charge is 2.27. The minimum absolute atomic E-state index is 0.154. The molecule has 1 saturated heterocycles. The van der Waals surface area contributed by atoms with Crippen LogP contribution >= 0.6 is 0 Å². The highest BCUT2D eigenvalue weighted by atomic mass is 16.7. The van der Waals surface area contributed by atoms with Gasteiger partial charge < -0.3 is 9.47 Å². The van der Waals surface area contributed by atoms with Gasteiger partial charge in [-0.2, -0.15) is 0 Å². The summed E-state index contributed by atoms with van der Waals surface area (Å²) in [5.41, 5.74) is 1.02. The zero-order valence-electron chi connectivity index (χ0n) is 12.1. The van der Waals surface area contributed by atoms with Crippen LogP contribution in [0.1, 0.15) is 37.0 Å². The first-order chi connectivity index (χ1) is 9.53. The summed E-state index contributed by atoms with van der Waals surface area (Å²) < 4.78 is 10.6. The van der Waals surface area contributed by atoms with Gasteiger partial charge in [0.2, 0.25) is 6.79 Å². The van der Waals surface area contributed by atoms with Crippen LogP contribution in [-0.2, 0) is 0 Å². The maximum absolute atomic E-state index is 12.4. The molecular formula is C16H21NO3. The van der Waals surface area contributed by atoms with Gasteiger partial charge in [-0.25, -0.2) is 0 Å². The van der Waals surface area contributed by atoms with Crippen molar-refractivity contribution in [2.75, 3.05) is 26.4 Å². The largest absolute Gasteiger partial charge is 0.454 e. The van der Waals surface area contributed by atoms with Crippen molar-refractivity contribution in [1.82, 2.24) is 4.90 Å². The Hall–Kier alpha value is -1.55. The lowest BCUT2D eigenvalue weighted by Gasteiger charge is -2.37. The van der Waals surface area contributed by atoms with Crippen LogP contribution in [0.15, 0.2) is 18.2 Å². The summed E-state index contributed by atoms with van der Waals surface area (Å²) in [5.74, 6) is 1.55. The van der Waals surface area contributed by atoms with Gasteiger partial charge in [-0.15, -0.1) is 0 Å². The number of piperidine rings is 1. The predicted octanol–water partition coefficient (Wildman–Crippen LogP) is 2.72. The summed E-state index contributed by atoms with van der Waals surface area (Å²) in [7, 11) is 0. The van der Waals surface area contributed by atoms with E-state index in [9.17, 15) is 4.79 Å². The van der Waals surface area contributed by atoms with E-state index in [1.165, 1.54) is 12.8 Å². The molecule has 2 heterocycles. The number of carbonyl (C=O) groups is 1. The fourth-order valence-corrected chi connectivity index (χ4v) is 3.04. The number of nitrogens with zero attached hydrogens (tertiary/aromatic N) is 1. The molecular weight excluding hydrogens is 254 g/mol. The number of hydrogen-bond acceptors (Lipinski definition) is 4. The maximum atomic E-state index is 12.4. The summed E-state index contributed by atoms with van der Waals surface area (Å²) in [6.07, 6.45) is 2.41. The third kappa shape index (κ3) is 2.80. The Morgan fingerprint density at radius 2 is 2.10 bits per heavy atom. The Morgan fingerprint density at radius 3 is 2.90 bits per heavy atom. The SMILES string of the molecule is CC1(C)CCCN(CC(=O)c2ccc3c(c2)OCO3)C1. The molecule has 3 rings (SSSR count). The quantitative estimate of drug-likeness (QED) is 0.795. The number of fused-ring (bicyclic) bond motifs is 1. The van der Waals surface area contributed by atoms with Crippen molar-refractivity contribution in [3.05, 3.63) is 23.8 Å². The fraction of sp³-hybridized carbons (Fsp3) is 0.562. The van der Waals surface area contributed by atoms with Gasteiger partial charge in [-0.1, -0.05) is 13.8 Å². The Balaban J connectivity index is 1.67. The molecule has 2 aliphatic heterocycles. The molecule has 0 radical (unpaired) electrons. The lowest BCUT2D eigenvalue weighted by atomic mass is 9.84. The molecule has 108 valence electrons. The first kappa shape index (κ1) is 13.4. The number of likely N-dealkylation sites (tertiary alicyclic amines) is 1. The molecule has 4 heteroatoms. The molecule has 0 saturated carbocycles. The van der Waals surface area contributed by atoms with Crippen molar-refractivity contribution in [3.8, 4) is 11.5 Å². The molecule has 0 atom stereocenters. The Morgan fingerprint density at radius 1 is 1.30 bits per heavy atom. The van der Waals surface area contributed by atoms with Crippen molar-refractivity contribution in [1.29, 1.82) is 0 Å². The van der Waals surface area contributed by atoms with Crippen LogP contribution in [0.5, 0.6) is 11.5 Å². The van der Waals surface area contributed by atoms with E-state index in [0.717, 1.165) is 18.8 Å². The van der Waals surface area contributed by atoms with Gasteiger partial charge in [0.15, 0.2) is 17.3 Å². The molecule has 1 aromatic carbocycles. The highest BCUT2D eigenvalue weighted by molar-refractivity contribution is 5.98.